The first-order valence-electron chi connectivity index (χ1n) is 10.7. The number of nitrogens with zero attached hydrogens (tertiary/aromatic N) is 4. The second-order valence-corrected chi connectivity index (χ2v) is 8.59. The van der Waals surface area contributed by atoms with E-state index < -0.39 is 0 Å². The van der Waals surface area contributed by atoms with E-state index in [1.54, 1.807) is 13.8 Å². The molecule has 9 nitrogen and oxygen atoms in total. The average molecular weight is 413 g/mol. The number of amides is 1. The molecule has 160 valence electrons. The van der Waals surface area contributed by atoms with Crippen LogP contribution in [0.5, 0.6) is 0 Å². The molecule has 0 saturated carbocycles. The molecule has 30 heavy (non-hydrogen) atoms. The van der Waals surface area contributed by atoms with E-state index >= 15 is 0 Å². The first kappa shape index (κ1) is 19.3. The van der Waals surface area contributed by atoms with Gasteiger partial charge in [0.2, 0.25) is 5.95 Å². The van der Waals surface area contributed by atoms with E-state index in [0.717, 1.165) is 50.0 Å². The zero-order chi connectivity index (χ0) is 20.9. The predicted octanol–water partition coefficient (Wildman–Crippen LogP) is 1.33. The van der Waals surface area contributed by atoms with Crippen LogP contribution in [0.1, 0.15) is 52.3 Å². The number of hydrogen-bond donors (Lipinski definition) is 1. The Labute approximate surface area is 174 Å². The molecule has 2 fully saturated rings. The molecule has 2 saturated heterocycles. The molecule has 1 spiro atoms. The van der Waals surface area contributed by atoms with E-state index in [1.807, 2.05) is 4.90 Å². The molecule has 5 rings (SSSR count). The van der Waals surface area contributed by atoms with Gasteiger partial charge in [-0.25, -0.2) is 4.98 Å². The molecule has 0 atom stereocenters. The fourth-order valence-electron chi connectivity index (χ4n) is 5.14. The number of rotatable bonds is 2. The van der Waals surface area contributed by atoms with Crippen molar-refractivity contribution in [2.45, 2.75) is 44.9 Å². The van der Waals surface area contributed by atoms with Crippen molar-refractivity contribution in [2.75, 3.05) is 44.3 Å². The summed E-state index contributed by atoms with van der Waals surface area (Å²) >= 11 is 0. The summed E-state index contributed by atoms with van der Waals surface area (Å²) < 4.78 is 10.6. The summed E-state index contributed by atoms with van der Waals surface area (Å²) in [5, 5.41) is 3.91. The van der Waals surface area contributed by atoms with Crippen molar-refractivity contribution in [2.24, 2.45) is 0 Å². The lowest BCUT2D eigenvalue weighted by molar-refractivity contribution is 0.0661. The van der Waals surface area contributed by atoms with Crippen molar-refractivity contribution in [3.05, 3.63) is 38.6 Å². The minimum absolute atomic E-state index is 0.0207. The minimum Gasteiger partial charge on any atom is -0.378 e. The molecule has 4 heterocycles. The SMILES string of the molecule is Cc1noc(C)c1C(=O)N1CCC2(CCc3c2nc(N2CCOCC2)[nH]c3=O)CC1. The van der Waals surface area contributed by atoms with Crippen molar-refractivity contribution in [3.63, 3.8) is 0 Å². The standard InChI is InChI=1S/C21H27N5O4/c1-13-16(14(2)30-24-13)19(28)25-7-5-21(6-8-25)4-3-15-17(21)22-20(23-18(15)27)26-9-11-29-12-10-26/h3-12H2,1-2H3,(H,22,23,27). The molecule has 9 heteroatoms. The van der Waals surface area contributed by atoms with Gasteiger partial charge in [-0.05, 0) is 39.5 Å². The number of aryl methyl sites for hydroxylation is 2. The van der Waals surface area contributed by atoms with Gasteiger partial charge in [0.1, 0.15) is 11.3 Å². The van der Waals surface area contributed by atoms with E-state index in [-0.39, 0.29) is 16.9 Å². The highest BCUT2D eigenvalue weighted by molar-refractivity contribution is 5.96. The van der Waals surface area contributed by atoms with Gasteiger partial charge in [-0.2, -0.15) is 0 Å². The van der Waals surface area contributed by atoms with Gasteiger partial charge in [0, 0.05) is 37.2 Å². The number of hydrogen-bond acceptors (Lipinski definition) is 7. The maximum atomic E-state index is 13.0. The summed E-state index contributed by atoms with van der Waals surface area (Å²) in [6.45, 7) is 7.60. The quantitative estimate of drug-likeness (QED) is 0.792. The molecule has 3 aliphatic rings. The third-order valence-electron chi connectivity index (χ3n) is 6.92. The Morgan fingerprint density at radius 2 is 1.83 bits per heavy atom. The number of ether oxygens (including phenoxy) is 1. The Morgan fingerprint density at radius 3 is 2.50 bits per heavy atom. The highest BCUT2D eigenvalue weighted by Gasteiger charge is 2.45. The number of nitrogens with one attached hydrogen (secondary N) is 1. The van der Waals surface area contributed by atoms with Gasteiger partial charge < -0.3 is 19.1 Å². The van der Waals surface area contributed by atoms with Gasteiger partial charge in [-0.15, -0.1) is 0 Å². The summed E-state index contributed by atoms with van der Waals surface area (Å²) in [5.41, 5.74) is 2.82. The number of fused-ring (bicyclic) bond motifs is 2. The minimum atomic E-state index is -0.125. The van der Waals surface area contributed by atoms with Gasteiger partial charge in [-0.3, -0.25) is 14.6 Å². The molecule has 2 aliphatic heterocycles. The summed E-state index contributed by atoms with van der Waals surface area (Å²) in [6.07, 6.45) is 3.29. The molecular weight excluding hydrogens is 386 g/mol. The van der Waals surface area contributed by atoms with Crippen LogP contribution in [0.25, 0.3) is 0 Å². The smallest absolute Gasteiger partial charge is 0.259 e. The van der Waals surface area contributed by atoms with Crippen LogP contribution in [0.4, 0.5) is 5.95 Å². The monoisotopic (exact) mass is 413 g/mol. The summed E-state index contributed by atoms with van der Waals surface area (Å²) in [5.74, 6) is 1.19. The number of morpholine rings is 1. The van der Waals surface area contributed by atoms with Crippen LogP contribution in [0.2, 0.25) is 0 Å². The predicted molar refractivity (Wildman–Crippen MR) is 109 cm³/mol. The number of aromatic nitrogens is 3. The maximum Gasteiger partial charge on any atom is 0.259 e. The third kappa shape index (κ3) is 3.03. The molecule has 0 aromatic carbocycles. The van der Waals surface area contributed by atoms with Crippen LogP contribution in [-0.4, -0.2) is 65.3 Å². The molecular formula is C21H27N5O4. The van der Waals surface area contributed by atoms with Gasteiger partial charge in [0.05, 0.1) is 24.6 Å². The van der Waals surface area contributed by atoms with Crippen LogP contribution in [-0.2, 0) is 16.6 Å². The van der Waals surface area contributed by atoms with Crippen molar-refractivity contribution in [1.29, 1.82) is 0 Å². The lowest BCUT2D eigenvalue weighted by Crippen LogP contribution is -2.45. The van der Waals surface area contributed by atoms with E-state index in [1.165, 1.54) is 0 Å². The van der Waals surface area contributed by atoms with E-state index in [0.29, 0.717) is 49.3 Å². The molecule has 1 amide bonds. The largest absolute Gasteiger partial charge is 0.378 e. The number of H-pyrrole nitrogens is 1. The van der Waals surface area contributed by atoms with Crippen molar-refractivity contribution < 1.29 is 14.1 Å². The van der Waals surface area contributed by atoms with Gasteiger partial charge in [0.15, 0.2) is 0 Å². The zero-order valence-corrected chi connectivity index (χ0v) is 17.5. The Kier molecular flexibility index (Phi) is 4.65. The Hall–Kier alpha value is -2.68. The van der Waals surface area contributed by atoms with Gasteiger partial charge in [-0.1, -0.05) is 5.16 Å². The maximum absolute atomic E-state index is 13.0. The van der Waals surface area contributed by atoms with Crippen LogP contribution >= 0.6 is 0 Å². The molecule has 0 bridgehead atoms. The van der Waals surface area contributed by atoms with Crippen molar-refractivity contribution in [3.8, 4) is 0 Å². The highest BCUT2D eigenvalue weighted by Crippen LogP contribution is 2.44. The zero-order valence-electron chi connectivity index (χ0n) is 17.5. The molecule has 0 radical (unpaired) electrons. The number of likely N-dealkylation sites (tertiary alicyclic amines) is 1. The average Bonchev–Trinajstić information content (AvgIpc) is 3.29. The van der Waals surface area contributed by atoms with Gasteiger partial charge >= 0.3 is 0 Å². The number of carbonyl (C=O) groups excluding carboxylic acids is 1. The highest BCUT2D eigenvalue weighted by atomic mass is 16.5. The van der Waals surface area contributed by atoms with E-state index in [4.69, 9.17) is 14.2 Å². The topological polar surface area (TPSA) is 105 Å². The molecule has 1 aliphatic carbocycles. The normalized spacial score (nSPS) is 20.6. The fourth-order valence-corrected chi connectivity index (χ4v) is 5.14. The third-order valence-corrected chi connectivity index (χ3v) is 6.92. The lowest BCUT2D eigenvalue weighted by atomic mass is 9.76. The number of aromatic amines is 1. The number of carbonyl (C=O) groups is 1. The second kappa shape index (κ2) is 7.23. The first-order chi connectivity index (χ1) is 14.5. The Balaban J connectivity index is 1.39. The van der Waals surface area contributed by atoms with Crippen LogP contribution < -0.4 is 10.5 Å². The summed E-state index contributed by atoms with van der Waals surface area (Å²) in [7, 11) is 0. The van der Waals surface area contributed by atoms with Crippen molar-refractivity contribution >= 4 is 11.9 Å². The van der Waals surface area contributed by atoms with E-state index in [2.05, 4.69) is 15.0 Å². The van der Waals surface area contributed by atoms with Crippen molar-refractivity contribution in [1.82, 2.24) is 20.0 Å². The fraction of sp³-hybridized carbons (Fsp3) is 0.619. The van der Waals surface area contributed by atoms with E-state index in [9.17, 15) is 9.59 Å². The number of anilines is 1. The van der Waals surface area contributed by atoms with Crippen LogP contribution in [0.3, 0.4) is 0 Å². The van der Waals surface area contributed by atoms with Crippen LogP contribution in [0.15, 0.2) is 9.32 Å². The Morgan fingerprint density at radius 1 is 1.10 bits per heavy atom. The lowest BCUT2D eigenvalue weighted by Gasteiger charge is -2.39. The number of piperidine rings is 1. The molecule has 2 aromatic heterocycles. The molecule has 0 unspecified atom stereocenters. The summed E-state index contributed by atoms with van der Waals surface area (Å²) in [6, 6.07) is 0. The Bertz CT molecular complexity index is 1010. The summed E-state index contributed by atoms with van der Waals surface area (Å²) in [4.78, 5) is 37.7. The van der Waals surface area contributed by atoms with Gasteiger partial charge in [0.25, 0.3) is 11.5 Å². The molecule has 2 aromatic rings. The second-order valence-electron chi connectivity index (χ2n) is 8.59. The molecule has 1 N–H and O–H groups in total. The first-order valence-corrected chi connectivity index (χ1v) is 10.7. The van der Waals surface area contributed by atoms with Crippen LogP contribution in [0, 0.1) is 13.8 Å².